The number of ether oxygens (including phenoxy) is 1. The molecule has 0 aromatic heterocycles. The number of halogens is 1. The van der Waals surface area contributed by atoms with Gasteiger partial charge >= 0.3 is 5.97 Å². The van der Waals surface area contributed by atoms with Crippen molar-refractivity contribution in [3.8, 4) is 0 Å². The molecule has 0 saturated carbocycles. The van der Waals surface area contributed by atoms with Gasteiger partial charge in [0, 0.05) is 44.2 Å². The summed E-state index contributed by atoms with van der Waals surface area (Å²) < 4.78 is 4.93. The first-order valence-corrected chi connectivity index (χ1v) is 7.74. The van der Waals surface area contributed by atoms with E-state index < -0.39 is 0 Å². The molecule has 5 nitrogen and oxygen atoms in total. The number of aliphatic hydroxyl groups is 1. The maximum Gasteiger partial charge on any atom is 0.338 e. The molecule has 1 fully saturated rings. The minimum atomic E-state index is -0.360. The van der Waals surface area contributed by atoms with Gasteiger partial charge in [0.25, 0.3) is 0 Å². The van der Waals surface area contributed by atoms with Crippen LogP contribution in [0.2, 0.25) is 0 Å². The zero-order valence-electron chi connectivity index (χ0n) is 14.0. The van der Waals surface area contributed by atoms with Gasteiger partial charge in [-0.3, -0.25) is 4.90 Å². The molecule has 1 heterocycles. The van der Waals surface area contributed by atoms with E-state index in [4.69, 9.17) is 4.74 Å². The van der Waals surface area contributed by atoms with E-state index in [1.54, 1.807) is 6.07 Å². The number of hydrogen-bond acceptors (Lipinski definition) is 5. The van der Waals surface area contributed by atoms with Crippen molar-refractivity contribution in [1.29, 1.82) is 0 Å². The highest BCUT2D eigenvalue weighted by Crippen LogP contribution is 2.39. The minimum Gasteiger partial charge on any atom is -0.465 e. The summed E-state index contributed by atoms with van der Waals surface area (Å²) in [6.45, 7) is 7.74. The van der Waals surface area contributed by atoms with E-state index in [-0.39, 0.29) is 36.4 Å². The van der Waals surface area contributed by atoms with Crippen molar-refractivity contribution in [2.45, 2.75) is 19.9 Å². The lowest BCUT2D eigenvalue weighted by molar-refractivity contribution is 0.0289. The number of aliphatic hydroxyl groups excluding tert-OH is 1. The van der Waals surface area contributed by atoms with Gasteiger partial charge in [-0.15, -0.1) is 12.4 Å². The zero-order chi connectivity index (χ0) is 16.2. The summed E-state index contributed by atoms with van der Waals surface area (Å²) in [5, 5.41) is 13.2. The van der Waals surface area contributed by atoms with Crippen LogP contribution in [0, 0.1) is 5.41 Å². The molecule has 130 valence electrons. The van der Waals surface area contributed by atoms with E-state index in [1.807, 2.05) is 32.0 Å². The van der Waals surface area contributed by atoms with Crippen molar-refractivity contribution in [1.82, 2.24) is 10.2 Å². The molecule has 0 bridgehead atoms. The standard InChI is InChI=1S/C17H26N2O3.ClH/c1-17(2,12-20)15(19-10-8-18-9-11-19)13-6-4-5-7-14(13)16(21)22-3;/h4-7,15,18,20H,8-12H2,1-3H3;1H/t15-;/m0./s1. The molecular weight excluding hydrogens is 316 g/mol. The smallest absolute Gasteiger partial charge is 0.338 e. The first-order valence-electron chi connectivity index (χ1n) is 7.74. The third-order valence-electron chi connectivity index (χ3n) is 4.33. The molecule has 1 aromatic rings. The number of esters is 1. The van der Waals surface area contributed by atoms with E-state index in [1.165, 1.54) is 7.11 Å². The number of nitrogens with zero attached hydrogens (tertiary/aromatic N) is 1. The summed E-state index contributed by atoms with van der Waals surface area (Å²) in [6.07, 6.45) is 0. The number of hydrogen-bond donors (Lipinski definition) is 2. The van der Waals surface area contributed by atoms with Gasteiger partial charge in [0.1, 0.15) is 0 Å². The van der Waals surface area contributed by atoms with Crippen molar-refractivity contribution in [3.05, 3.63) is 35.4 Å². The van der Waals surface area contributed by atoms with E-state index in [0.717, 1.165) is 31.7 Å². The molecule has 1 aromatic carbocycles. The topological polar surface area (TPSA) is 61.8 Å². The summed E-state index contributed by atoms with van der Waals surface area (Å²) in [5.41, 5.74) is 1.15. The number of carbonyl (C=O) groups excluding carboxylic acids is 1. The Bertz CT molecular complexity index is 516. The number of benzene rings is 1. The molecule has 23 heavy (non-hydrogen) atoms. The number of rotatable bonds is 5. The van der Waals surface area contributed by atoms with Gasteiger partial charge in [-0.25, -0.2) is 4.79 Å². The summed E-state index contributed by atoms with van der Waals surface area (Å²) in [4.78, 5) is 14.5. The highest BCUT2D eigenvalue weighted by Gasteiger charge is 2.37. The Kier molecular flexibility index (Phi) is 7.48. The highest BCUT2D eigenvalue weighted by molar-refractivity contribution is 5.91. The van der Waals surface area contributed by atoms with Crippen LogP contribution >= 0.6 is 12.4 Å². The van der Waals surface area contributed by atoms with Crippen LogP contribution in [0.4, 0.5) is 0 Å². The molecule has 0 radical (unpaired) electrons. The summed E-state index contributed by atoms with van der Waals surface area (Å²) in [6, 6.07) is 7.51. The molecule has 0 spiro atoms. The maximum atomic E-state index is 12.1. The van der Waals surface area contributed by atoms with Crippen LogP contribution in [-0.4, -0.2) is 55.9 Å². The third kappa shape index (κ3) is 4.44. The van der Waals surface area contributed by atoms with Crippen LogP contribution in [0.3, 0.4) is 0 Å². The van der Waals surface area contributed by atoms with Crippen LogP contribution in [0.15, 0.2) is 24.3 Å². The van der Waals surface area contributed by atoms with Gasteiger partial charge in [-0.05, 0) is 11.6 Å². The SMILES string of the molecule is COC(=O)c1ccccc1[C@H](N1CCNCC1)C(C)(C)CO.Cl. The molecule has 0 aliphatic carbocycles. The Morgan fingerprint density at radius 1 is 1.35 bits per heavy atom. The number of piperazine rings is 1. The zero-order valence-corrected chi connectivity index (χ0v) is 14.9. The molecule has 1 aliphatic rings. The average Bonchev–Trinajstić information content (AvgIpc) is 2.55. The van der Waals surface area contributed by atoms with Crippen molar-refractivity contribution in [2.24, 2.45) is 5.41 Å². The Morgan fingerprint density at radius 3 is 2.52 bits per heavy atom. The first kappa shape index (κ1) is 19.9. The summed E-state index contributed by atoms with van der Waals surface area (Å²) >= 11 is 0. The molecular formula is C17H27ClN2O3. The van der Waals surface area contributed by atoms with Crippen LogP contribution in [-0.2, 0) is 4.74 Å². The van der Waals surface area contributed by atoms with Gasteiger partial charge in [-0.1, -0.05) is 32.0 Å². The lowest BCUT2D eigenvalue weighted by Gasteiger charge is -2.44. The second-order valence-corrected chi connectivity index (χ2v) is 6.41. The highest BCUT2D eigenvalue weighted by atomic mass is 35.5. The van der Waals surface area contributed by atoms with E-state index >= 15 is 0 Å². The van der Waals surface area contributed by atoms with Gasteiger partial charge in [0.05, 0.1) is 12.7 Å². The normalized spacial score (nSPS) is 17.2. The van der Waals surface area contributed by atoms with Crippen molar-refractivity contribution in [2.75, 3.05) is 39.9 Å². The molecule has 2 N–H and O–H groups in total. The molecule has 1 aliphatic heterocycles. The van der Waals surface area contributed by atoms with E-state index in [9.17, 15) is 9.90 Å². The van der Waals surface area contributed by atoms with Crippen molar-refractivity contribution >= 4 is 18.4 Å². The van der Waals surface area contributed by atoms with Crippen molar-refractivity contribution < 1.29 is 14.6 Å². The van der Waals surface area contributed by atoms with E-state index in [2.05, 4.69) is 10.2 Å². The van der Waals surface area contributed by atoms with Crippen LogP contribution in [0.25, 0.3) is 0 Å². The second kappa shape index (κ2) is 8.64. The molecule has 0 unspecified atom stereocenters. The Labute approximate surface area is 144 Å². The van der Waals surface area contributed by atoms with Gasteiger partial charge < -0.3 is 15.2 Å². The van der Waals surface area contributed by atoms with E-state index in [0.29, 0.717) is 5.56 Å². The van der Waals surface area contributed by atoms with Crippen molar-refractivity contribution in [3.63, 3.8) is 0 Å². The molecule has 1 saturated heterocycles. The van der Waals surface area contributed by atoms with Gasteiger partial charge in [0.15, 0.2) is 0 Å². The second-order valence-electron chi connectivity index (χ2n) is 6.41. The number of methoxy groups -OCH3 is 1. The Balaban J connectivity index is 0.00000264. The number of carbonyl (C=O) groups is 1. The maximum absolute atomic E-state index is 12.1. The summed E-state index contributed by atoms with van der Waals surface area (Å²) in [7, 11) is 1.40. The predicted molar refractivity (Wildman–Crippen MR) is 93.1 cm³/mol. The quantitative estimate of drug-likeness (QED) is 0.800. The fraction of sp³-hybridized carbons (Fsp3) is 0.588. The number of nitrogens with one attached hydrogen (secondary N) is 1. The largest absolute Gasteiger partial charge is 0.465 e. The fourth-order valence-electron chi connectivity index (χ4n) is 3.17. The first-order chi connectivity index (χ1) is 10.5. The molecule has 1 atom stereocenters. The van der Waals surface area contributed by atoms with Gasteiger partial charge in [0.2, 0.25) is 0 Å². The molecule has 2 rings (SSSR count). The van der Waals surface area contributed by atoms with Crippen LogP contribution in [0.5, 0.6) is 0 Å². The minimum absolute atomic E-state index is 0. The lowest BCUT2D eigenvalue weighted by Crippen LogP contribution is -2.50. The molecule has 0 amide bonds. The molecule has 6 heteroatoms. The average molecular weight is 343 g/mol. The summed E-state index contributed by atoms with van der Waals surface area (Å²) in [5.74, 6) is -0.329. The predicted octanol–water partition coefficient (Wildman–Crippen LogP) is 1.86. The van der Waals surface area contributed by atoms with Crippen LogP contribution < -0.4 is 5.32 Å². The van der Waals surface area contributed by atoms with Crippen LogP contribution in [0.1, 0.15) is 35.8 Å². The Morgan fingerprint density at radius 2 is 1.96 bits per heavy atom. The fourth-order valence-corrected chi connectivity index (χ4v) is 3.17. The lowest BCUT2D eigenvalue weighted by atomic mass is 9.78. The third-order valence-corrected chi connectivity index (χ3v) is 4.33. The monoisotopic (exact) mass is 342 g/mol. The Hall–Kier alpha value is -1.14. The van der Waals surface area contributed by atoms with Gasteiger partial charge in [-0.2, -0.15) is 0 Å².